The van der Waals surface area contributed by atoms with Crippen LogP contribution in [-0.2, 0) is 4.79 Å². The van der Waals surface area contributed by atoms with Crippen molar-refractivity contribution in [1.29, 1.82) is 0 Å². The van der Waals surface area contributed by atoms with E-state index in [2.05, 4.69) is 18.7 Å². The van der Waals surface area contributed by atoms with Crippen LogP contribution < -0.4 is 0 Å². The van der Waals surface area contributed by atoms with Crippen molar-refractivity contribution < 1.29 is 9.90 Å². The van der Waals surface area contributed by atoms with E-state index in [-0.39, 0.29) is 23.5 Å². The molecule has 2 fully saturated rings. The van der Waals surface area contributed by atoms with E-state index >= 15 is 0 Å². The predicted octanol–water partition coefficient (Wildman–Crippen LogP) is 4.36. The van der Waals surface area contributed by atoms with Crippen molar-refractivity contribution in [2.75, 3.05) is 0 Å². The SMILES string of the molecule is C=C1C=C2[C@@H]([C@H](C(C)=O)C1)[C@H]1CCCC=C1[C@H]1CCCC[C@]21O. The maximum Gasteiger partial charge on any atom is 0.133 e. The van der Waals surface area contributed by atoms with E-state index in [1.165, 1.54) is 24.8 Å². The molecule has 0 aromatic heterocycles. The molecule has 2 heteroatoms. The number of fused-ring (bicyclic) bond motifs is 6. The number of carbonyl (C=O) groups excluding carboxylic acids is 1. The fourth-order valence-corrected chi connectivity index (χ4v) is 5.96. The average Bonchev–Trinajstić information content (AvgIpc) is 2.54. The molecular formula is C21H28O2. The molecule has 2 saturated carbocycles. The fraction of sp³-hybridized carbons (Fsp3) is 0.667. The zero-order chi connectivity index (χ0) is 16.2. The van der Waals surface area contributed by atoms with Gasteiger partial charge in [0.25, 0.3) is 0 Å². The minimum absolute atomic E-state index is 0.0147. The van der Waals surface area contributed by atoms with Crippen molar-refractivity contribution in [3.63, 3.8) is 0 Å². The van der Waals surface area contributed by atoms with Crippen LogP contribution in [0.1, 0.15) is 58.3 Å². The lowest BCUT2D eigenvalue weighted by Gasteiger charge is -2.56. The molecule has 0 radical (unpaired) electrons. The van der Waals surface area contributed by atoms with Gasteiger partial charge in [-0.2, -0.15) is 0 Å². The van der Waals surface area contributed by atoms with Crippen LogP contribution in [0.15, 0.2) is 35.5 Å². The van der Waals surface area contributed by atoms with Crippen LogP contribution in [0.5, 0.6) is 0 Å². The largest absolute Gasteiger partial charge is 0.385 e. The van der Waals surface area contributed by atoms with Crippen LogP contribution in [0.2, 0.25) is 0 Å². The second kappa shape index (κ2) is 5.44. The zero-order valence-electron chi connectivity index (χ0n) is 14.2. The molecule has 4 aliphatic rings. The molecule has 5 atom stereocenters. The molecule has 0 aromatic rings. The highest BCUT2D eigenvalue weighted by Gasteiger charge is 2.56. The van der Waals surface area contributed by atoms with Crippen LogP contribution in [0, 0.1) is 23.7 Å². The van der Waals surface area contributed by atoms with Gasteiger partial charge in [0.1, 0.15) is 5.78 Å². The number of aliphatic hydroxyl groups is 1. The van der Waals surface area contributed by atoms with Crippen LogP contribution in [0.3, 0.4) is 0 Å². The minimum Gasteiger partial charge on any atom is -0.385 e. The maximum atomic E-state index is 12.4. The highest BCUT2D eigenvalue weighted by atomic mass is 16.3. The first-order valence-corrected chi connectivity index (χ1v) is 9.35. The number of hydrogen-bond acceptors (Lipinski definition) is 2. The third-order valence-corrected chi connectivity index (χ3v) is 6.90. The molecule has 0 amide bonds. The lowest BCUT2D eigenvalue weighted by Crippen LogP contribution is -2.55. The molecule has 0 saturated heterocycles. The summed E-state index contributed by atoms with van der Waals surface area (Å²) in [6.45, 7) is 5.88. The summed E-state index contributed by atoms with van der Waals surface area (Å²) in [5.41, 5.74) is 2.94. The third-order valence-electron chi connectivity index (χ3n) is 6.90. The van der Waals surface area contributed by atoms with Crippen LogP contribution in [0.4, 0.5) is 0 Å². The summed E-state index contributed by atoms with van der Waals surface area (Å²) in [5.74, 6) is 1.25. The Hall–Kier alpha value is -1.15. The lowest BCUT2D eigenvalue weighted by atomic mass is 9.50. The van der Waals surface area contributed by atoms with Gasteiger partial charge in [-0.15, -0.1) is 0 Å². The number of ketones is 1. The van der Waals surface area contributed by atoms with Crippen molar-refractivity contribution >= 4 is 5.78 Å². The number of Topliss-reactive ketones (excluding diaryl/α,β-unsaturated/α-hetero) is 1. The Labute approximate surface area is 139 Å². The Kier molecular flexibility index (Phi) is 3.64. The molecule has 4 rings (SSSR count). The Bertz CT molecular complexity index is 611. The van der Waals surface area contributed by atoms with Crippen molar-refractivity contribution in [2.24, 2.45) is 23.7 Å². The van der Waals surface area contributed by atoms with E-state index in [1.807, 2.05) is 0 Å². The van der Waals surface area contributed by atoms with E-state index in [0.29, 0.717) is 5.92 Å². The molecule has 0 bridgehead atoms. The molecule has 2 nitrogen and oxygen atoms in total. The van der Waals surface area contributed by atoms with E-state index in [1.54, 1.807) is 6.92 Å². The molecule has 0 aliphatic heterocycles. The molecule has 0 aromatic carbocycles. The highest BCUT2D eigenvalue weighted by molar-refractivity contribution is 5.80. The molecule has 23 heavy (non-hydrogen) atoms. The van der Waals surface area contributed by atoms with E-state index in [0.717, 1.165) is 43.3 Å². The molecule has 4 aliphatic carbocycles. The van der Waals surface area contributed by atoms with Gasteiger partial charge in [-0.3, -0.25) is 4.79 Å². The van der Waals surface area contributed by atoms with Crippen LogP contribution >= 0.6 is 0 Å². The number of allylic oxidation sites excluding steroid dienone is 3. The van der Waals surface area contributed by atoms with Crippen LogP contribution in [0.25, 0.3) is 0 Å². The predicted molar refractivity (Wildman–Crippen MR) is 91.8 cm³/mol. The third kappa shape index (κ3) is 2.21. The van der Waals surface area contributed by atoms with Gasteiger partial charge < -0.3 is 5.11 Å². The summed E-state index contributed by atoms with van der Waals surface area (Å²) in [6.07, 6.45) is 13.1. The van der Waals surface area contributed by atoms with Crippen molar-refractivity contribution in [2.45, 2.75) is 63.9 Å². The Morgan fingerprint density at radius 1 is 1.30 bits per heavy atom. The highest BCUT2D eigenvalue weighted by Crippen LogP contribution is 2.59. The van der Waals surface area contributed by atoms with Gasteiger partial charge in [-0.05, 0) is 62.9 Å². The van der Waals surface area contributed by atoms with Gasteiger partial charge in [-0.1, -0.05) is 42.7 Å². The summed E-state index contributed by atoms with van der Waals surface area (Å²) < 4.78 is 0. The molecule has 0 heterocycles. The quantitative estimate of drug-likeness (QED) is 0.731. The molecule has 1 N–H and O–H groups in total. The topological polar surface area (TPSA) is 37.3 Å². The van der Waals surface area contributed by atoms with Gasteiger partial charge in [-0.25, -0.2) is 0 Å². The first-order chi connectivity index (χ1) is 11.0. The lowest BCUT2D eigenvalue weighted by molar-refractivity contribution is -0.124. The van der Waals surface area contributed by atoms with Gasteiger partial charge >= 0.3 is 0 Å². The van der Waals surface area contributed by atoms with E-state index in [4.69, 9.17) is 0 Å². The smallest absolute Gasteiger partial charge is 0.133 e. The Morgan fingerprint density at radius 2 is 2.13 bits per heavy atom. The fourth-order valence-electron chi connectivity index (χ4n) is 5.96. The molecule has 0 unspecified atom stereocenters. The molecular weight excluding hydrogens is 284 g/mol. The second-order valence-electron chi connectivity index (χ2n) is 8.17. The van der Waals surface area contributed by atoms with Crippen LogP contribution in [-0.4, -0.2) is 16.5 Å². The first kappa shape index (κ1) is 15.4. The number of carbonyl (C=O) groups is 1. The summed E-state index contributed by atoms with van der Waals surface area (Å²) >= 11 is 0. The Balaban J connectivity index is 1.88. The zero-order valence-corrected chi connectivity index (χ0v) is 14.2. The van der Waals surface area contributed by atoms with Crippen molar-refractivity contribution in [1.82, 2.24) is 0 Å². The second-order valence-corrected chi connectivity index (χ2v) is 8.17. The first-order valence-electron chi connectivity index (χ1n) is 9.35. The summed E-state index contributed by atoms with van der Waals surface area (Å²) in [6, 6.07) is 0. The van der Waals surface area contributed by atoms with Gasteiger partial charge in [0.2, 0.25) is 0 Å². The summed E-state index contributed by atoms with van der Waals surface area (Å²) in [5, 5.41) is 11.7. The van der Waals surface area contributed by atoms with Crippen molar-refractivity contribution in [3.05, 3.63) is 35.5 Å². The van der Waals surface area contributed by atoms with Crippen molar-refractivity contribution in [3.8, 4) is 0 Å². The van der Waals surface area contributed by atoms with Gasteiger partial charge in [0.15, 0.2) is 0 Å². The monoisotopic (exact) mass is 312 g/mol. The Morgan fingerprint density at radius 3 is 2.91 bits per heavy atom. The summed E-state index contributed by atoms with van der Waals surface area (Å²) in [4.78, 5) is 12.4. The van der Waals surface area contributed by atoms with E-state index in [9.17, 15) is 9.90 Å². The average molecular weight is 312 g/mol. The standard InChI is InChI=1S/C21H28O2/c1-13-11-17(14(2)22)20-16-8-4-3-7-15(16)18-9-5-6-10-21(18,23)19(20)12-13/h7,12,16-18,20,23H,1,3-6,8-11H2,2H3/t16-,17-,18+,20+,21+/m0/s1. The minimum atomic E-state index is -0.723. The summed E-state index contributed by atoms with van der Waals surface area (Å²) in [7, 11) is 0. The van der Waals surface area contributed by atoms with Gasteiger partial charge in [0.05, 0.1) is 5.60 Å². The van der Waals surface area contributed by atoms with E-state index < -0.39 is 5.60 Å². The number of rotatable bonds is 1. The molecule has 0 spiro atoms. The number of hydrogen-bond donors (Lipinski definition) is 1. The molecule has 124 valence electrons. The normalized spacial score (nSPS) is 42.8. The van der Waals surface area contributed by atoms with Gasteiger partial charge in [0, 0.05) is 11.8 Å². The maximum absolute atomic E-state index is 12.4.